The van der Waals surface area contributed by atoms with E-state index in [0.29, 0.717) is 5.56 Å². The highest BCUT2D eigenvalue weighted by Crippen LogP contribution is 2.32. The van der Waals surface area contributed by atoms with Gasteiger partial charge in [-0.25, -0.2) is 0 Å². The third-order valence-corrected chi connectivity index (χ3v) is 2.39. The standard InChI is InChI=1S/C12H14F3/c1-4-9-5-6-10(12(13,14)15)7-11(9)8(2)3/h5-8H,2,4H2,1,3H3. The zero-order valence-corrected chi connectivity index (χ0v) is 8.86. The lowest BCUT2D eigenvalue weighted by molar-refractivity contribution is -0.137. The lowest BCUT2D eigenvalue weighted by Crippen LogP contribution is -2.07. The van der Waals surface area contributed by atoms with Crippen LogP contribution in [0.1, 0.15) is 36.5 Å². The highest BCUT2D eigenvalue weighted by molar-refractivity contribution is 5.36. The Bertz CT molecular complexity index is 337. The minimum Gasteiger partial charge on any atom is -0.166 e. The molecule has 1 aromatic carbocycles. The lowest BCUT2D eigenvalue weighted by atomic mass is 9.93. The second kappa shape index (κ2) is 4.25. The molecule has 1 rings (SSSR count). The summed E-state index contributed by atoms with van der Waals surface area (Å²) in [5, 5.41) is 0. The van der Waals surface area contributed by atoms with E-state index in [4.69, 9.17) is 0 Å². The number of rotatable bonds is 2. The molecule has 83 valence electrons. The Labute approximate surface area is 88.1 Å². The van der Waals surface area contributed by atoms with Crippen molar-refractivity contribution >= 4 is 0 Å². The van der Waals surface area contributed by atoms with Crippen molar-refractivity contribution in [2.24, 2.45) is 0 Å². The van der Waals surface area contributed by atoms with Crippen LogP contribution in [0.15, 0.2) is 18.2 Å². The predicted molar refractivity (Wildman–Crippen MR) is 54.6 cm³/mol. The minimum absolute atomic E-state index is 0.123. The summed E-state index contributed by atoms with van der Waals surface area (Å²) in [5.41, 5.74) is 1.03. The lowest BCUT2D eigenvalue weighted by Gasteiger charge is -2.15. The molecule has 0 aliphatic heterocycles. The molecular weight excluding hydrogens is 201 g/mol. The number of hydrogen-bond donors (Lipinski definition) is 0. The maximum atomic E-state index is 12.4. The van der Waals surface area contributed by atoms with Crippen LogP contribution >= 0.6 is 0 Å². The summed E-state index contributed by atoms with van der Waals surface area (Å²) in [4.78, 5) is 0. The van der Waals surface area contributed by atoms with Crippen LogP contribution in [-0.2, 0) is 12.6 Å². The smallest absolute Gasteiger partial charge is 0.166 e. The Morgan fingerprint density at radius 3 is 2.33 bits per heavy atom. The van der Waals surface area contributed by atoms with Crippen LogP contribution in [0.2, 0.25) is 0 Å². The first kappa shape index (κ1) is 12.1. The number of aryl methyl sites for hydroxylation is 1. The van der Waals surface area contributed by atoms with Gasteiger partial charge in [-0.1, -0.05) is 19.9 Å². The second-order valence-electron chi connectivity index (χ2n) is 3.67. The highest BCUT2D eigenvalue weighted by Gasteiger charge is 2.31. The van der Waals surface area contributed by atoms with Crippen molar-refractivity contribution in [2.45, 2.75) is 32.4 Å². The molecule has 0 heterocycles. The molecule has 0 amide bonds. The molecule has 0 aliphatic rings. The van der Waals surface area contributed by atoms with Crippen LogP contribution in [0.4, 0.5) is 13.2 Å². The Morgan fingerprint density at radius 2 is 1.93 bits per heavy atom. The maximum Gasteiger partial charge on any atom is 0.416 e. The van der Waals surface area contributed by atoms with E-state index in [-0.39, 0.29) is 5.92 Å². The predicted octanol–water partition coefficient (Wildman–Crippen LogP) is 4.21. The first-order valence-corrected chi connectivity index (χ1v) is 4.89. The third-order valence-electron chi connectivity index (χ3n) is 2.39. The number of benzene rings is 1. The first-order valence-electron chi connectivity index (χ1n) is 4.89. The van der Waals surface area contributed by atoms with Crippen molar-refractivity contribution in [1.29, 1.82) is 0 Å². The van der Waals surface area contributed by atoms with E-state index >= 15 is 0 Å². The van der Waals surface area contributed by atoms with E-state index in [1.807, 2.05) is 6.92 Å². The Morgan fingerprint density at radius 1 is 1.33 bits per heavy atom. The molecule has 0 N–H and O–H groups in total. The molecule has 0 bridgehead atoms. The van der Waals surface area contributed by atoms with E-state index in [1.54, 1.807) is 13.0 Å². The van der Waals surface area contributed by atoms with Gasteiger partial charge in [-0.2, -0.15) is 13.2 Å². The highest BCUT2D eigenvalue weighted by atomic mass is 19.4. The van der Waals surface area contributed by atoms with Gasteiger partial charge in [-0.15, -0.1) is 0 Å². The number of halogens is 3. The summed E-state index contributed by atoms with van der Waals surface area (Å²) < 4.78 is 37.3. The van der Waals surface area contributed by atoms with Gasteiger partial charge in [0.1, 0.15) is 0 Å². The molecule has 0 fully saturated rings. The van der Waals surface area contributed by atoms with Crippen LogP contribution in [0.3, 0.4) is 0 Å². The normalized spacial score (nSPS) is 12.2. The average molecular weight is 215 g/mol. The van der Waals surface area contributed by atoms with E-state index in [0.717, 1.165) is 18.1 Å². The number of alkyl halides is 3. The van der Waals surface area contributed by atoms with E-state index in [2.05, 4.69) is 6.92 Å². The summed E-state index contributed by atoms with van der Waals surface area (Å²) >= 11 is 0. The molecule has 0 aliphatic carbocycles. The molecule has 0 saturated heterocycles. The molecule has 0 spiro atoms. The average Bonchev–Trinajstić information content (AvgIpc) is 2.15. The first-order chi connectivity index (χ1) is 6.86. The van der Waals surface area contributed by atoms with Gasteiger partial charge < -0.3 is 0 Å². The van der Waals surface area contributed by atoms with Crippen molar-refractivity contribution in [3.8, 4) is 0 Å². The maximum absolute atomic E-state index is 12.4. The van der Waals surface area contributed by atoms with Gasteiger partial charge in [0.2, 0.25) is 0 Å². The van der Waals surface area contributed by atoms with Gasteiger partial charge in [0.25, 0.3) is 0 Å². The Balaban J connectivity index is 3.22. The molecule has 15 heavy (non-hydrogen) atoms. The molecule has 1 radical (unpaired) electrons. The Hall–Kier alpha value is -0.990. The number of hydrogen-bond acceptors (Lipinski definition) is 0. The van der Waals surface area contributed by atoms with Crippen molar-refractivity contribution in [1.82, 2.24) is 0 Å². The molecule has 1 unspecified atom stereocenters. The molecule has 1 atom stereocenters. The molecule has 0 aromatic heterocycles. The van der Waals surface area contributed by atoms with Crippen molar-refractivity contribution in [3.63, 3.8) is 0 Å². The zero-order chi connectivity index (χ0) is 11.6. The van der Waals surface area contributed by atoms with Gasteiger partial charge in [-0.3, -0.25) is 0 Å². The van der Waals surface area contributed by atoms with E-state index in [9.17, 15) is 13.2 Å². The molecule has 1 aromatic rings. The largest absolute Gasteiger partial charge is 0.416 e. The summed E-state index contributed by atoms with van der Waals surface area (Å²) in [6.45, 7) is 7.50. The quantitative estimate of drug-likeness (QED) is 0.693. The SMILES string of the molecule is [CH2]C(C)c1cc(C(F)(F)F)ccc1CC. The Kier molecular flexibility index (Phi) is 3.42. The molecule has 0 saturated carbocycles. The fourth-order valence-electron chi connectivity index (χ4n) is 1.55. The summed E-state index contributed by atoms with van der Waals surface area (Å²) in [6.07, 6.45) is -3.54. The van der Waals surface area contributed by atoms with Crippen molar-refractivity contribution in [3.05, 3.63) is 41.8 Å². The van der Waals surface area contributed by atoms with Crippen LogP contribution in [0.5, 0.6) is 0 Å². The van der Waals surface area contributed by atoms with Gasteiger partial charge in [0, 0.05) is 0 Å². The van der Waals surface area contributed by atoms with Crippen LogP contribution < -0.4 is 0 Å². The van der Waals surface area contributed by atoms with Gasteiger partial charge >= 0.3 is 6.18 Å². The van der Waals surface area contributed by atoms with Gasteiger partial charge in [0.05, 0.1) is 5.56 Å². The fraction of sp³-hybridized carbons (Fsp3) is 0.417. The van der Waals surface area contributed by atoms with Crippen LogP contribution in [0.25, 0.3) is 0 Å². The van der Waals surface area contributed by atoms with E-state index < -0.39 is 11.7 Å². The summed E-state index contributed by atoms with van der Waals surface area (Å²) in [6, 6.07) is 3.88. The van der Waals surface area contributed by atoms with Gasteiger partial charge in [0.15, 0.2) is 0 Å². The molecule has 0 nitrogen and oxygen atoms in total. The van der Waals surface area contributed by atoms with Crippen LogP contribution in [0, 0.1) is 6.92 Å². The topological polar surface area (TPSA) is 0 Å². The van der Waals surface area contributed by atoms with Crippen LogP contribution in [-0.4, -0.2) is 0 Å². The van der Waals surface area contributed by atoms with Crippen molar-refractivity contribution in [2.75, 3.05) is 0 Å². The fourth-order valence-corrected chi connectivity index (χ4v) is 1.55. The molecule has 3 heteroatoms. The van der Waals surface area contributed by atoms with Crippen molar-refractivity contribution < 1.29 is 13.2 Å². The zero-order valence-electron chi connectivity index (χ0n) is 8.86. The van der Waals surface area contributed by atoms with Gasteiger partial charge in [-0.05, 0) is 42.5 Å². The minimum atomic E-state index is -4.27. The summed E-state index contributed by atoms with van der Waals surface area (Å²) in [5.74, 6) is -0.123. The van der Waals surface area contributed by atoms with E-state index in [1.165, 1.54) is 6.07 Å². The molecular formula is C12H14F3. The monoisotopic (exact) mass is 215 g/mol. The second-order valence-corrected chi connectivity index (χ2v) is 3.67. The summed E-state index contributed by atoms with van der Waals surface area (Å²) in [7, 11) is 0. The third kappa shape index (κ3) is 2.74.